The monoisotopic (exact) mass is 590 g/mol. The molecule has 0 unspecified atom stereocenters. The van der Waals surface area contributed by atoms with Gasteiger partial charge in [0.2, 0.25) is 0 Å². The number of ether oxygens (including phenoxy) is 1. The number of quaternary nitrogens is 1. The fraction of sp³-hybridized carbons (Fsp3) is 0.345. The second kappa shape index (κ2) is 11.9. The standard InChI is InChI=1S/C29H30ClF2N2O2.BrH/c30-27-7-2-1-4-22(27)12-15-34-16-13-23(14-17-34)28(20-34)36-29(35)33(26-6-3-5-25(32)18-26)19-21-8-10-24(31)11-9-21;/h1-11,18,23,28H,12-17,19-20H2;1H/q+1;/p-1/t23?,28-,34?;/m0./s1. The molecule has 3 aromatic carbocycles. The number of fused-ring (bicyclic) bond motifs is 3. The minimum Gasteiger partial charge on any atom is -1.00 e. The van der Waals surface area contributed by atoms with Gasteiger partial charge in [-0.3, -0.25) is 4.90 Å². The summed E-state index contributed by atoms with van der Waals surface area (Å²) in [6, 6.07) is 19.8. The summed E-state index contributed by atoms with van der Waals surface area (Å²) in [4.78, 5) is 14.9. The lowest BCUT2D eigenvalue weighted by Crippen LogP contribution is -3.00. The Balaban J connectivity index is 0.00000320. The third kappa shape index (κ3) is 6.51. The zero-order valence-electron chi connectivity index (χ0n) is 20.5. The minimum atomic E-state index is -0.507. The highest BCUT2D eigenvalue weighted by Gasteiger charge is 2.47. The third-order valence-electron chi connectivity index (χ3n) is 7.70. The van der Waals surface area contributed by atoms with Crippen LogP contribution in [0.3, 0.4) is 0 Å². The van der Waals surface area contributed by atoms with E-state index in [9.17, 15) is 13.6 Å². The van der Waals surface area contributed by atoms with E-state index < -0.39 is 11.9 Å². The second-order valence-corrected chi connectivity index (χ2v) is 10.4. The molecule has 0 radical (unpaired) electrons. The van der Waals surface area contributed by atoms with E-state index in [0.29, 0.717) is 11.6 Å². The van der Waals surface area contributed by atoms with E-state index >= 15 is 0 Å². The van der Waals surface area contributed by atoms with Gasteiger partial charge in [0.25, 0.3) is 0 Å². The Bertz CT molecular complexity index is 1220. The van der Waals surface area contributed by atoms with Gasteiger partial charge in [0.15, 0.2) is 6.10 Å². The number of carbonyl (C=O) groups is 1. The topological polar surface area (TPSA) is 29.5 Å². The van der Waals surface area contributed by atoms with E-state index in [1.54, 1.807) is 24.3 Å². The summed E-state index contributed by atoms with van der Waals surface area (Å²) in [6.07, 6.45) is 2.20. The van der Waals surface area contributed by atoms with Crippen LogP contribution in [-0.2, 0) is 17.7 Å². The molecule has 0 spiro atoms. The highest BCUT2D eigenvalue weighted by atomic mass is 79.9. The fourth-order valence-electron chi connectivity index (χ4n) is 5.60. The van der Waals surface area contributed by atoms with Crippen LogP contribution in [0, 0.1) is 17.6 Å². The van der Waals surface area contributed by atoms with Gasteiger partial charge in [-0.15, -0.1) is 0 Å². The van der Waals surface area contributed by atoms with Gasteiger partial charge in [-0.25, -0.2) is 13.6 Å². The van der Waals surface area contributed by atoms with Gasteiger partial charge in [-0.1, -0.05) is 48.0 Å². The SMILES string of the molecule is O=C(O[C@H]1C[N+]2(CCc3ccccc3Cl)CCC1CC2)N(Cc1ccc(F)cc1)c1cccc(F)c1.[Br-]. The summed E-state index contributed by atoms with van der Waals surface area (Å²) in [7, 11) is 0. The molecule has 6 rings (SSSR count). The summed E-state index contributed by atoms with van der Waals surface area (Å²) < 4.78 is 34.5. The molecule has 3 fully saturated rings. The first-order chi connectivity index (χ1) is 17.4. The summed E-state index contributed by atoms with van der Waals surface area (Å²) in [5.74, 6) is -0.456. The molecule has 3 aromatic rings. The van der Waals surface area contributed by atoms with Crippen LogP contribution in [0.4, 0.5) is 19.3 Å². The molecular weight excluding hydrogens is 562 g/mol. The fourth-order valence-corrected chi connectivity index (χ4v) is 5.83. The van der Waals surface area contributed by atoms with Crippen molar-refractivity contribution in [1.29, 1.82) is 0 Å². The Kier molecular flexibility index (Phi) is 8.88. The van der Waals surface area contributed by atoms with Gasteiger partial charge >= 0.3 is 6.09 Å². The van der Waals surface area contributed by atoms with Gasteiger partial charge in [0, 0.05) is 30.2 Å². The van der Waals surface area contributed by atoms with Crippen LogP contribution in [0.25, 0.3) is 0 Å². The number of benzene rings is 3. The lowest BCUT2D eigenvalue weighted by molar-refractivity contribution is -0.945. The number of hydrogen-bond donors (Lipinski definition) is 0. The Hall–Kier alpha value is -2.48. The first-order valence-corrected chi connectivity index (χ1v) is 12.9. The van der Waals surface area contributed by atoms with Gasteiger partial charge < -0.3 is 26.2 Å². The molecule has 0 aliphatic carbocycles. The van der Waals surface area contributed by atoms with Crippen molar-refractivity contribution in [1.82, 2.24) is 0 Å². The summed E-state index contributed by atoms with van der Waals surface area (Å²) in [5, 5.41) is 0.789. The number of piperidine rings is 3. The van der Waals surface area contributed by atoms with Crippen molar-refractivity contribution in [2.24, 2.45) is 5.92 Å². The number of rotatable bonds is 7. The zero-order chi connectivity index (χ0) is 25.1. The molecule has 1 atom stereocenters. The van der Waals surface area contributed by atoms with E-state index in [1.807, 2.05) is 18.2 Å². The van der Waals surface area contributed by atoms with Gasteiger partial charge in [0.05, 0.1) is 31.9 Å². The number of halogens is 4. The molecule has 196 valence electrons. The van der Waals surface area contributed by atoms with E-state index in [4.69, 9.17) is 16.3 Å². The first kappa shape index (κ1) is 27.6. The van der Waals surface area contributed by atoms with E-state index in [-0.39, 0.29) is 35.4 Å². The Morgan fingerprint density at radius 3 is 2.41 bits per heavy atom. The molecule has 0 N–H and O–H groups in total. The van der Waals surface area contributed by atoms with Crippen LogP contribution in [0.2, 0.25) is 5.02 Å². The lowest BCUT2D eigenvalue weighted by Gasteiger charge is -2.52. The van der Waals surface area contributed by atoms with Crippen molar-refractivity contribution >= 4 is 23.4 Å². The average Bonchev–Trinajstić information content (AvgIpc) is 2.88. The quantitative estimate of drug-likeness (QED) is 0.393. The maximum atomic E-state index is 14.0. The molecule has 37 heavy (non-hydrogen) atoms. The Morgan fingerprint density at radius 1 is 0.973 bits per heavy atom. The van der Waals surface area contributed by atoms with Crippen molar-refractivity contribution in [3.05, 3.63) is 101 Å². The van der Waals surface area contributed by atoms with Crippen LogP contribution < -0.4 is 21.9 Å². The molecule has 2 bridgehead atoms. The van der Waals surface area contributed by atoms with Gasteiger partial charge in [-0.2, -0.15) is 0 Å². The van der Waals surface area contributed by atoms with Crippen LogP contribution in [-0.4, -0.2) is 42.9 Å². The number of anilines is 1. The Labute approximate surface area is 232 Å². The largest absolute Gasteiger partial charge is 1.00 e. The number of hydrogen-bond acceptors (Lipinski definition) is 2. The maximum Gasteiger partial charge on any atom is 0.415 e. The van der Waals surface area contributed by atoms with Gasteiger partial charge in [-0.05, 0) is 47.5 Å². The molecule has 4 nitrogen and oxygen atoms in total. The average molecular weight is 592 g/mol. The van der Waals surface area contributed by atoms with E-state index in [1.165, 1.54) is 29.2 Å². The highest BCUT2D eigenvalue weighted by Crippen LogP contribution is 2.36. The maximum absolute atomic E-state index is 14.0. The number of carbonyl (C=O) groups excluding carboxylic acids is 1. The lowest BCUT2D eigenvalue weighted by atomic mass is 9.83. The Morgan fingerprint density at radius 2 is 1.70 bits per heavy atom. The predicted octanol–water partition coefficient (Wildman–Crippen LogP) is 3.62. The van der Waals surface area contributed by atoms with Crippen molar-refractivity contribution < 1.29 is 39.8 Å². The summed E-state index contributed by atoms with van der Waals surface area (Å²) in [5.41, 5.74) is 2.28. The highest BCUT2D eigenvalue weighted by molar-refractivity contribution is 6.31. The molecule has 3 aliphatic heterocycles. The zero-order valence-corrected chi connectivity index (χ0v) is 22.8. The van der Waals surface area contributed by atoms with Crippen LogP contribution in [0.15, 0.2) is 72.8 Å². The molecule has 1 amide bonds. The van der Waals surface area contributed by atoms with E-state index in [0.717, 1.165) is 66.1 Å². The van der Waals surface area contributed by atoms with Crippen LogP contribution in [0.5, 0.6) is 0 Å². The molecule has 8 heteroatoms. The molecule has 0 aromatic heterocycles. The van der Waals surface area contributed by atoms with Crippen LogP contribution in [0.1, 0.15) is 24.0 Å². The molecular formula is C29H30BrClF2N2O2. The smallest absolute Gasteiger partial charge is 0.415 e. The second-order valence-electron chi connectivity index (χ2n) is 9.99. The molecule has 3 saturated heterocycles. The van der Waals surface area contributed by atoms with E-state index in [2.05, 4.69) is 6.07 Å². The first-order valence-electron chi connectivity index (χ1n) is 12.5. The number of amides is 1. The van der Waals surface area contributed by atoms with Crippen molar-refractivity contribution in [3.8, 4) is 0 Å². The molecule has 0 saturated carbocycles. The summed E-state index contributed by atoms with van der Waals surface area (Å²) in [6.45, 7) is 4.03. The summed E-state index contributed by atoms with van der Waals surface area (Å²) >= 11 is 6.39. The predicted molar refractivity (Wildman–Crippen MR) is 137 cm³/mol. The molecule has 3 aliphatic rings. The minimum absolute atomic E-state index is 0. The van der Waals surface area contributed by atoms with Gasteiger partial charge in [0.1, 0.15) is 18.2 Å². The molecule has 3 heterocycles. The third-order valence-corrected chi connectivity index (χ3v) is 8.07. The van der Waals surface area contributed by atoms with Crippen molar-refractivity contribution in [3.63, 3.8) is 0 Å². The van der Waals surface area contributed by atoms with Crippen molar-refractivity contribution in [2.45, 2.75) is 31.9 Å². The van der Waals surface area contributed by atoms with Crippen LogP contribution >= 0.6 is 11.6 Å². The number of nitrogens with zero attached hydrogens (tertiary/aromatic N) is 2. The van der Waals surface area contributed by atoms with Crippen molar-refractivity contribution in [2.75, 3.05) is 31.1 Å². The normalized spacial score (nSPS) is 22.2.